The lowest BCUT2D eigenvalue weighted by molar-refractivity contribution is -0.116. The molecular formula is C19H21N3O2. The minimum atomic E-state index is -0.0603. The van der Waals surface area contributed by atoms with Gasteiger partial charge in [-0.3, -0.25) is 9.59 Å². The highest BCUT2D eigenvalue weighted by atomic mass is 16.1. The maximum atomic E-state index is 12.1. The standard InChI is InChI=1S/C19H21N3O2/c1-2-22-13-15(10-11-19(22)24)21-18(23)9-5-6-14-12-20-17-8-4-3-7-16(14)17/h3-4,7-8,10-13,20H,2,5-6,9H2,1H3,(H,21,23). The Morgan fingerprint density at radius 3 is 2.88 bits per heavy atom. The van der Waals surface area contributed by atoms with Gasteiger partial charge in [0, 0.05) is 42.3 Å². The van der Waals surface area contributed by atoms with E-state index in [2.05, 4.69) is 16.4 Å². The Hall–Kier alpha value is -2.82. The molecule has 3 aromatic rings. The van der Waals surface area contributed by atoms with Gasteiger partial charge in [-0.2, -0.15) is 0 Å². The third-order valence-electron chi connectivity index (χ3n) is 4.13. The number of pyridine rings is 1. The van der Waals surface area contributed by atoms with Crippen LogP contribution in [0.1, 0.15) is 25.3 Å². The predicted molar refractivity (Wildman–Crippen MR) is 96.2 cm³/mol. The molecule has 1 amide bonds. The van der Waals surface area contributed by atoms with Crippen molar-refractivity contribution >= 4 is 22.5 Å². The number of benzene rings is 1. The van der Waals surface area contributed by atoms with Gasteiger partial charge in [-0.25, -0.2) is 0 Å². The van der Waals surface area contributed by atoms with Gasteiger partial charge in [-0.15, -0.1) is 0 Å². The van der Waals surface area contributed by atoms with Crippen molar-refractivity contribution in [1.82, 2.24) is 9.55 Å². The molecule has 0 saturated carbocycles. The fraction of sp³-hybridized carbons (Fsp3) is 0.263. The van der Waals surface area contributed by atoms with Crippen LogP contribution in [0.2, 0.25) is 0 Å². The lowest BCUT2D eigenvalue weighted by Crippen LogP contribution is -2.19. The van der Waals surface area contributed by atoms with Crippen molar-refractivity contribution in [3.63, 3.8) is 0 Å². The second-order valence-electron chi connectivity index (χ2n) is 5.80. The smallest absolute Gasteiger partial charge is 0.250 e. The van der Waals surface area contributed by atoms with E-state index in [1.165, 1.54) is 17.0 Å². The summed E-state index contributed by atoms with van der Waals surface area (Å²) in [6.07, 6.45) is 5.78. The summed E-state index contributed by atoms with van der Waals surface area (Å²) in [7, 11) is 0. The average Bonchev–Trinajstić information content (AvgIpc) is 3.00. The molecule has 0 unspecified atom stereocenters. The zero-order valence-corrected chi connectivity index (χ0v) is 13.7. The zero-order chi connectivity index (χ0) is 16.9. The number of rotatable bonds is 6. The van der Waals surface area contributed by atoms with Gasteiger partial charge < -0.3 is 14.9 Å². The van der Waals surface area contributed by atoms with Crippen molar-refractivity contribution in [3.05, 3.63) is 64.7 Å². The molecule has 24 heavy (non-hydrogen) atoms. The number of fused-ring (bicyclic) bond motifs is 1. The average molecular weight is 323 g/mol. The predicted octanol–water partition coefficient (Wildman–Crippen LogP) is 3.31. The Bertz CT molecular complexity index is 908. The minimum Gasteiger partial charge on any atom is -0.361 e. The van der Waals surface area contributed by atoms with E-state index in [0.29, 0.717) is 18.7 Å². The number of hydrogen-bond donors (Lipinski definition) is 2. The number of aromatic amines is 1. The molecule has 0 aliphatic carbocycles. The molecule has 5 nitrogen and oxygen atoms in total. The Morgan fingerprint density at radius 1 is 1.21 bits per heavy atom. The molecule has 0 bridgehead atoms. The highest BCUT2D eigenvalue weighted by Gasteiger charge is 2.06. The van der Waals surface area contributed by atoms with E-state index < -0.39 is 0 Å². The molecule has 0 radical (unpaired) electrons. The van der Waals surface area contributed by atoms with E-state index in [0.717, 1.165) is 18.4 Å². The maximum Gasteiger partial charge on any atom is 0.250 e. The van der Waals surface area contributed by atoms with Gasteiger partial charge in [0.15, 0.2) is 0 Å². The van der Waals surface area contributed by atoms with E-state index in [-0.39, 0.29) is 11.5 Å². The quantitative estimate of drug-likeness (QED) is 0.731. The number of carbonyl (C=O) groups excluding carboxylic acids is 1. The number of aryl methyl sites for hydroxylation is 2. The van der Waals surface area contributed by atoms with Crippen molar-refractivity contribution in [3.8, 4) is 0 Å². The van der Waals surface area contributed by atoms with Gasteiger partial charge in [0.25, 0.3) is 5.56 Å². The molecule has 1 aromatic carbocycles. The number of carbonyl (C=O) groups is 1. The van der Waals surface area contributed by atoms with Crippen LogP contribution in [0.4, 0.5) is 5.69 Å². The first-order valence-electron chi connectivity index (χ1n) is 8.22. The number of nitrogens with one attached hydrogen (secondary N) is 2. The fourth-order valence-corrected chi connectivity index (χ4v) is 2.85. The maximum absolute atomic E-state index is 12.1. The van der Waals surface area contributed by atoms with Gasteiger partial charge in [0.2, 0.25) is 5.91 Å². The molecule has 0 spiro atoms. The molecule has 2 N–H and O–H groups in total. The summed E-state index contributed by atoms with van der Waals surface area (Å²) in [4.78, 5) is 26.9. The molecule has 0 fully saturated rings. The van der Waals surface area contributed by atoms with Gasteiger partial charge in [-0.05, 0) is 37.5 Å². The molecule has 0 aliphatic heterocycles. The molecule has 0 saturated heterocycles. The largest absolute Gasteiger partial charge is 0.361 e. The Kier molecular flexibility index (Phi) is 4.79. The lowest BCUT2D eigenvalue weighted by Gasteiger charge is -2.08. The van der Waals surface area contributed by atoms with E-state index in [4.69, 9.17) is 0 Å². The van der Waals surface area contributed by atoms with Crippen LogP contribution in [-0.4, -0.2) is 15.5 Å². The van der Waals surface area contributed by atoms with Crippen LogP contribution in [0, 0.1) is 0 Å². The monoisotopic (exact) mass is 323 g/mol. The van der Waals surface area contributed by atoms with E-state index >= 15 is 0 Å². The molecule has 2 heterocycles. The summed E-state index contributed by atoms with van der Waals surface area (Å²) in [6, 6.07) is 11.3. The number of aromatic nitrogens is 2. The number of amides is 1. The first kappa shape index (κ1) is 16.1. The van der Waals surface area contributed by atoms with E-state index in [1.54, 1.807) is 16.8 Å². The van der Waals surface area contributed by atoms with Crippen LogP contribution < -0.4 is 10.9 Å². The summed E-state index contributed by atoms with van der Waals surface area (Å²) >= 11 is 0. The number of hydrogen-bond acceptors (Lipinski definition) is 2. The van der Waals surface area contributed by atoms with Crippen LogP contribution in [0.15, 0.2) is 53.6 Å². The number of H-pyrrole nitrogens is 1. The second kappa shape index (κ2) is 7.17. The van der Waals surface area contributed by atoms with Crippen molar-refractivity contribution in [1.29, 1.82) is 0 Å². The van der Waals surface area contributed by atoms with Crippen LogP contribution in [0.25, 0.3) is 10.9 Å². The van der Waals surface area contributed by atoms with Crippen molar-refractivity contribution in [2.24, 2.45) is 0 Å². The summed E-state index contributed by atoms with van der Waals surface area (Å²) in [6.45, 7) is 2.48. The van der Waals surface area contributed by atoms with Gasteiger partial charge >= 0.3 is 0 Å². The third-order valence-corrected chi connectivity index (χ3v) is 4.13. The van der Waals surface area contributed by atoms with E-state index in [1.807, 2.05) is 31.3 Å². The third kappa shape index (κ3) is 3.56. The second-order valence-corrected chi connectivity index (χ2v) is 5.80. The molecule has 0 atom stereocenters. The zero-order valence-electron chi connectivity index (χ0n) is 13.7. The van der Waals surface area contributed by atoms with Crippen molar-refractivity contribution in [2.45, 2.75) is 32.7 Å². The van der Waals surface area contributed by atoms with Crippen LogP contribution >= 0.6 is 0 Å². The first-order valence-corrected chi connectivity index (χ1v) is 8.22. The Labute approximate surface area is 140 Å². The minimum absolute atomic E-state index is 0.0313. The summed E-state index contributed by atoms with van der Waals surface area (Å²) in [5.74, 6) is -0.0313. The Balaban J connectivity index is 1.55. The fourth-order valence-electron chi connectivity index (χ4n) is 2.85. The molecule has 124 valence electrons. The topological polar surface area (TPSA) is 66.9 Å². The number of para-hydroxylation sites is 1. The summed E-state index contributed by atoms with van der Waals surface area (Å²) in [5, 5.41) is 4.07. The highest BCUT2D eigenvalue weighted by molar-refractivity contribution is 5.90. The summed E-state index contributed by atoms with van der Waals surface area (Å²) < 4.78 is 1.57. The first-order chi connectivity index (χ1) is 11.7. The number of nitrogens with zero attached hydrogens (tertiary/aromatic N) is 1. The SMILES string of the molecule is CCn1cc(NC(=O)CCCc2c[nH]c3ccccc23)ccc1=O. The van der Waals surface area contributed by atoms with Gasteiger partial charge in [0.1, 0.15) is 0 Å². The van der Waals surface area contributed by atoms with Gasteiger partial charge in [-0.1, -0.05) is 18.2 Å². The van der Waals surface area contributed by atoms with Gasteiger partial charge in [0.05, 0.1) is 5.69 Å². The van der Waals surface area contributed by atoms with E-state index in [9.17, 15) is 9.59 Å². The van der Waals surface area contributed by atoms with Crippen LogP contribution in [0.5, 0.6) is 0 Å². The molecular weight excluding hydrogens is 302 g/mol. The Morgan fingerprint density at radius 2 is 2.04 bits per heavy atom. The number of anilines is 1. The molecule has 2 aromatic heterocycles. The van der Waals surface area contributed by atoms with Crippen molar-refractivity contribution in [2.75, 3.05) is 5.32 Å². The molecule has 0 aliphatic rings. The van der Waals surface area contributed by atoms with Crippen molar-refractivity contribution < 1.29 is 4.79 Å². The highest BCUT2D eigenvalue weighted by Crippen LogP contribution is 2.19. The summed E-state index contributed by atoms with van der Waals surface area (Å²) in [5.41, 5.74) is 2.96. The van der Waals surface area contributed by atoms with Crippen LogP contribution in [0.3, 0.4) is 0 Å². The lowest BCUT2D eigenvalue weighted by atomic mass is 10.1. The molecule has 5 heteroatoms. The van der Waals surface area contributed by atoms with Crippen LogP contribution in [-0.2, 0) is 17.8 Å². The normalized spacial score (nSPS) is 10.9. The molecule has 3 rings (SSSR count).